The number of anilines is 1. The van der Waals surface area contributed by atoms with Crippen molar-refractivity contribution in [2.24, 2.45) is 0 Å². The zero-order chi connectivity index (χ0) is 13.8. The van der Waals surface area contributed by atoms with Crippen molar-refractivity contribution < 1.29 is 9.59 Å². The van der Waals surface area contributed by atoms with Crippen LogP contribution in [0, 0.1) is 0 Å². The maximum Gasteiger partial charge on any atom is 0.281 e. The second kappa shape index (κ2) is 6.38. The molecule has 5 nitrogen and oxygen atoms in total. The van der Waals surface area contributed by atoms with E-state index in [0.717, 1.165) is 16.8 Å². The molecule has 0 atom stereocenters. The fourth-order valence-electron chi connectivity index (χ4n) is 1.72. The van der Waals surface area contributed by atoms with E-state index in [1.165, 1.54) is 16.7 Å². The molecule has 0 spiro atoms. The summed E-state index contributed by atoms with van der Waals surface area (Å²) >= 11 is 4.61. The first-order chi connectivity index (χ1) is 9.08. The maximum atomic E-state index is 12.0. The molecule has 7 heteroatoms. The molecule has 19 heavy (non-hydrogen) atoms. The van der Waals surface area contributed by atoms with Crippen LogP contribution < -0.4 is 4.90 Å². The molecular weight excluding hydrogens is 330 g/mol. The molecule has 2 heterocycles. The average molecular weight is 344 g/mol. The Balaban J connectivity index is 1.88. The van der Waals surface area contributed by atoms with Crippen LogP contribution in [0.3, 0.4) is 0 Å². The third-order valence-electron chi connectivity index (χ3n) is 2.87. The first-order valence-corrected chi connectivity index (χ1v) is 7.65. The summed E-state index contributed by atoms with van der Waals surface area (Å²) in [6, 6.07) is 3.62. The number of hydrogen-bond acceptors (Lipinski definition) is 4. The predicted molar refractivity (Wildman–Crippen MR) is 79.4 cm³/mol. The van der Waals surface area contributed by atoms with Gasteiger partial charge in [0.1, 0.15) is 5.82 Å². The van der Waals surface area contributed by atoms with Crippen molar-refractivity contribution in [2.45, 2.75) is 6.42 Å². The third-order valence-corrected chi connectivity index (χ3v) is 4.23. The second-order valence-corrected chi connectivity index (χ2v) is 6.10. The largest absolute Gasteiger partial charge is 0.332 e. The van der Waals surface area contributed by atoms with E-state index in [4.69, 9.17) is 0 Å². The standard InChI is InChI=1S/C12H14BrN3O2S/c1-15(10-3-2-9(13)8-14-10)11(17)4-5-16-6-7-19-12(16)18/h2-3,8H,4-7H2,1H3. The summed E-state index contributed by atoms with van der Waals surface area (Å²) in [5, 5.41) is 0.0669. The van der Waals surface area contributed by atoms with E-state index < -0.39 is 0 Å². The highest BCUT2D eigenvalue weighted by Crippen LogP contribution is 2.18. The van der Waals surface area contributed by atoms with Gasteiger partial charge < -0.3 is 4.90 Å². The van der Waals surface area contributed by atoms with Crippen LogP contribution in [-0.4, -0.2) is 46.9 Å². The Hall–Kier alpha value is -1.08. The minimum Gasteiger partial charge on any atom is -0.332 e. The molecule has 102 valence electrons. The zero-order valence-electron chi connectivity index (χ0n) is 10.5. The van der Waals surface area contributed by atoms with E-state index in [1.54, 1.807) is 24.2 Å². The van der Waals surface area contributed by atoms with Crippen LogP contribution in [0.2, 0.25) is 0 Å². The van der Waals surface area contributed by atoms with Crippen LogP contribution in [0.4, 0.5) is 10.6 Å². The van der Waals surface area contributed by atoms with Crippen molar-refractivity contribution in [3.63, 3.8) is 0 Å². The van der Waals surface area contributed by atoms with Gasteiger partial charge in [0.25, 0.3) is 5.24 Å². The van der Waals surface area contributed by atoms with Gasteiger partial charge in [0, 0.05) is 43.0 Å². The molecule has 0 saturated carbocycles. The molecule has 1 saturated heterocycles. The average Bonchev–Trinajstić information content (AvgIpc) is 2.81. The van der Waals surface area contributed by atoms with Gasteiger partial charge in [-0.2, -0.15) is 0 Å². The van der Waals surface area contributed by atoms with Gasteiger partial charge in [0.05, 0.1) is 0 Å². The molecule has 1 aromatic heterocycles. The third kappa shape index (κ3) is 3.70. The van der Waals surface area contributed by atoms with Gasteiger partial charge >= 0.3 is 0 Å². The molecule has 0 unspecified atom stereocenters. The van der Waals surface area contributed by atoms with Crippen LogP contribution in [0.25, 0.3) is 0 Å². The number of halogens is 1. The summed E-state index contributed by atoms with van der Waals surface area (Å²) in [6.07, 6.45) is 1.97. The summed E-state index contributed by atoms with van der Waals surface area (Å²) in [7, 11) is 1.69. The number of hydrogen-bond donors (Lipinski definition) is 0. The number of nitrogens with zero attached hydrogens (tertiary/aromatic N) is 3. The highest BCUT2D eigenvalue weighted by molar-refractivity contribution is 9.10. The first-order valence-electron chi connectivity index (χ1n) is 5.88. The number of aromatic nitrogens is 1. The number of rotatable bonds is 4. The van der Waals surface area contributed by atoms with Gasteiger partial charge in [0.15, 0.2) is 0 Å². The van der Waals surface area contributed by atoms with Gasteiger partial charge in [-0.15, -0.1) is 0 Å². The summed E-state index contributed by atoms with van der Waals surface area (Å²) in [4.78, 5) is 30.8. The summed E-state index contributed by atoms with van der Waals surface area (Å²) in [5.74, 6) is 1.38. The number of thioether (sulfide) groups is 1. The molecule has 1 aromatic rings. The molecule has 1 aliphatic rings. The Bertz CT molecular complexity index is 480. The van der Waals surface area contributed by atoms with Crippen molar-refractivity contribution >= 4 is 44.7 Å². The molecule has 0 radical (unpaired) electrons. The Kier molecular flexibility index (Phi) is 4.81. The molecule has 2 amide bonds. The van der Waals surface area contributed by atoms with Gasteiger partial charge in [-0.05, 0) is 28.1 Å². The van der Waals surface area contributed by atoms with E-state index in [0.29, 0.717) is 18.8 Å². The lowest BCUT2D eigenvalue weighted by Gasteiger charge is -2.19. The van der Waals surface area contributed by atoms with Crippen molar-refractivity contribution in [2.75, 3.05) is 30.8 Å². The van der Waals surface area contributed by atoms with E-state index in [-0.39, 0.29) is 11.1 Å². The first kappa shape index (κ1) is 14.3. The summed E-state index contributed by atoms with van der Waals surface area (Å²) in [5.41, 5.74) is 0. The van der Waals surface area contributed by atoms with Crippen LogP contribution >= 0.6 is 27.7 Å². The molecule has 2 rings (SSSR count). The Morgan fingerprint density at radius 3 is 2.95 bits per heavy atom. The van der Waals surface area contributed by atoms with Crippen LogP contribution in [0.1, 0.15) is 6.42 Å². The summed E-state index contributed by atoms with van der Waals surface area (Å²) < 4.78 is 0.872. The Labute approximate surface area is 124 Å². The van der Waals surface area contributed by atoms with Gasteiger partial charge in [-0.25, -0.2) is 4.98 Å². The minimum atomic E-state index is -0.0421. The molecular formula is C12H14BrN3O2S. The number of pyridine rings is 1. The Morgan fingerprint density at radius 1 is 1.58 bits per heavy atom. The minimum absolute atomic E-state index is 0.0421. The van der Waals surface area contributed by atoms with E-state index in [2.05, 4.69) is 20.9 Å². The van der Waals surface area contributed by atoms with E-state index in [1.807, 2.05) is 6.07 Å². The van der Waals surface area contributed by atoms with Crippen molar-refractivity contribution in [1.82, 2.24) is 9.88 Å². The predicted octanol–water partition coefficient (Wildman–Crippen LogP) is 2.37. The lowest BCUT2D eigenvalue weighted by atomic mass is 10.3. The van der Waals surface area contributed by atoms with Crippen molar-refractivity contribution in [3.8, 4) is 0 Å². The molecule has 1 aliphatic heterocycles. The molecule has 0 bridgehead atoms. The number of carbonyl (C=O) groups excluding carboxylic acids is 2. The van der Waals surface area contributed by atoms with Crippen LogP contribution in [0.15, 0.2) is 22.8 Å². The van der Waals surface area contributed by atoms with E-state index in [9.17, 15) is 9.59 Å². The second-order valence-electron chi connectivity index (χ2n) is 4.14. The van der Waals surface area contributed by atoms with E-state index >= 15 is 0 Å². The maximum absolute atomic E-state index is 12.0. The fourth-order valence-corrected chi connectivity index (χ4v) is 2.81. The highest BCUT2D eigenvalue weighted by atomic mass is 79.9. The lowest BCUT2D eigenvalue weighted by molar-refractivity contribution is -0.118. The van der Waals surface area contributed by atoms with Gasteiger partial charge in [-0.3, -0.25) is 14.5 Å². The van der Waals surface area contributed by atoms with Gasteiger partial charge in [-0.1, -0.05) is 11.8 Å². The molecule has 0 aromatic carbocycles. The fraction of sp³-hybridized carbons (Fsp3) is 0.417. The number of amides is 2. The number of carbonyl (C=O) groups is 2. The highest BCUT2D eigenvalue weighted by Gasteiger charge is 2.22. The van der Waals surface area contributed by atoms with Crippen molar-refractivity contribution in [1.29, 1.82) is 0 Å². The van der Waals surface area contributed by atoms with Crippen LogP contribution in [0.5, 0.6) is 0 Å². The summed E-state index contributed by atoms with van der Waals surface area (Å²) in [6.45, 7) is 1.21. The van der Waals surface area contributed by atoms with Crippen molar-refractivity contribution in [3.05, 3.63) is 22.8 Å². The molecule has 1 fully saturated rings. The van der Waals surface area contributed by atoms with Gasteiger partial charge in [0.2, 0.25) is 5.91 Å². The molecule has 0 N–H and O–H groups in total. The monoisotopic (exact) mass is 343 g/mol. The topological polar surface area (TPSA) is 53.5 Å². The Morgan fingerprint density at radius 2 is 2.37 bits per heavy atom. The lowest BCUT2D eigenvalue weighted by Crippen LogP contribution is -2.32. The quantitative estimate of drug-likeness (QED) is 0.842. The normalized spacial score (nSPS) is 14.8. The SMILES string of the molecule is CN(C(=O)CCN1CCSC1=O)c1ccc(Br)cn1. The smallest absolute Gasteiger partial charge is 0.281 e. The zero-order valence-corrected chi connectivity index (χ0v) is 12.9. The molecule has 0 aliphatic carbocycles. The van der Waals surface area contributed by atoms with Crippen LogP contribution in [-0.2, 0) is 4.79 Å².